The minimum absolute atomic E-state index is 0. The Morgan fingerprint density at radius 1 is 0.966 bits per heavy atom. The molecule has 2 rings (SSSR count). The standard InChI is InChI=1S/C20H30N4O4.HI/c1-7-16-14(17(8-2)28-24-16)11-22-20(21-3)23-12-15-18(26-5)9-13(25-4)10-19(15)27-6;/h9-10H,7-8,11-12H2,1-6H3,(H2,21,22,23);1H. The second-order valence-corrected chi connectivity index (χ2v) is 6.03. The third kappa shape index (κ3) is 6.15. The molecule has 0 spiro atoms. The predicted molar refractivity (Wildman–Crippen MR) is 124 cm³/mol. The molecule has 162 valence electrons. The van der Waals surface area contributed by atoms with E-state index >= 15 is 0 Å². The highest BCUT2D eigenvalue weighted by Crippen LogP contribution is 2.33. The first-order chi connectivity index (χ1) is 13.6. The van der Waals surface area contributed by atoms with Crippen molar-refractivity contribution in [1.82, 2.24) is 15.8 Å². The van der Waals surface area contributed by atoms with E-state index in [2.05, 4.69) is 34.6 Å². The first kappa shape index (κ1) is 24.9. The Morgan fingerprint density at radius 2 is 1.55 bits per heavy atom. The van der Waals surface area contributed by atoms with Crippen LogP contribution in [0.1, 0.15) is 36.4 Å². The highest BCUT2D eigenvalue weighted by molar-refractivity contribution is 14.0. The van der Waals surface area contributed by atoms with Gasteiger partial charge in [-0.05, 0) is 6.42 Å². The van der Waals surface area contributed by atoms with Gasteiger partial charge in [-0.15, -0.1) is 24.0 Å². The zero-order valence-electron chi connectivity index (χ0n) is 17.9. The maximum absolute atomic E-state index is 5.49. The lowest BCUT2D eigenvalue weighted by molar-refractivity contribution is 0.368. The van der Waals surface area contributed by atoms with Crippen molar-refractivity contribution < 1.29 is 18.7 Å². The maximum atomic E-state index is 5.49. The van der Waals surface area contributed by atoms with Crippen LogP contribution in [0.2, 0.25) is 0 Å². The van der Waals surface area contributed by atoms with Gasteiger partial charge in [0.15, 0.2) is 5.96 Å². The third-order valence-electron chi connectivity index (χ3n) is 4.51. The van der Waals surface area contributed by atoms with E-state index in [-0.39, 0.29) is 24.0 Å². The zero-order chi connectivity index (χ0) is 20.5. The number of halogens is 1. The zero-order valence-corrected chi connectivity index (χ0v) is 20.2. The summed E-state index contributed by atoms with van der Waals surface area (Å²) in [5.41, 5.74) is 2.94. The van der Waals surface area contributed by atoms with Gasteiger partial charge in [-0.2, -0.15) is 0 Å². The quantitative estimate of drug-likeness (QED) is 0.299. The van der Waals surface area contributed by atoms with E-state index in [1.165, 1.54) is 0 Å². The molecule has 0 unspecified atom stereocenters. The molecule has 0 radical (unpaired) electrons. The molecule has 0 aliphatic heterocycles. The van der Waals surface area contributed by atoms with Crippen molar-refractivity contribution in [3.05, 3.63) is 34.7 Å². The number of nitrogens with one attached hydrogen (secondary N) is 2. The van der Waals surface area contributed by atoms with E-state index in [1.54, 1.807) is 28.4 Å². The highest BCUT2D eigenvalue weighted by atomic mass is 127. The molecule has 0 bridgehead atoms. The summed E-state index contributed by atoms with van der Waals surface area (Å²) in [5.74, 6) is 3.59. The summed E-state index contributed by atoms with van der Waals surface area (Å²) >= 11 is 0. The molecule has 0 atom stereocenters. The van der Waals surface area contributed by atoms with Gasteiger partial charge >= 0.3 is 0 Å². The van der Waals surface area contributed by atoms with E-state index in [9.17, 15) is 0 Å². The molecule has 1 aromatic carbocycles. The van der Waals surface area contributed by atoms with Crippen LogP contribution in [-0.2, 0) is 25.9 Å². The molecular formula is C20H31IN4O4. The number of rotatable bonds is 9. The number of benzene rings is 1. The Bertz CT molecular complexity index is 761. The van der Waals surface area contributed by atoms with Crippen LogP contribution < -0.4 is 24.8 Å². The first-order valence-corrected chi connectivity index (χ1v) is 9.31. The van der Waals surface area contributed by atoms with E-state index in [0.29, 0.717) is 36.3 Å². The molecule has 0 aliphatic carbocycles. The molecule has 29 heavy (non-hydrogen) atoms. The van der Waals surface area contributed by atoms with E-state index in [0.717, 1.165) is 35.4 Å². The summed E-state index contributed by atoms with van der Waals surface area (Å²) in [6.07, 6.45) is 1.63. The van der Waals surface area contributed by atoms with Gasteiger partial charge in [0.25, 0.3) is 0 Å². The first-order valence-electron chi connectivity index (χ1n) is 9.31. The second-order valence-electron chi connectivity index (χ2n) is 6.03. The lowest BCUT2D eigenvalue weighted by atomic mass is 10.1. The lowest BCUT2D eigenvalue weighted by Gasteiger charge is -2.17. The molecule has 9 heteroatoms. The topological polar surface area (TPSA) is 90.1 Å². The fourth-order valence-corrected chi connectivity index (χ4v) is 2.95. The lowest BCUT2D eigenvalue weighted by Crippen LogP contribution is -2.36. The largest absolute Gasteiger partial charge is 0.496 e. The van der Waals surface area contributed by atoms with Crippen LogP contribution in [0, 0.1) is 0 Å². The average molecular weight is 518 g/mol. The van der Waals surface area contributed by atoms with Crippen molar-refractivity contribution in [2.45, 2.75) is 39.8 Å². The van der Waals surface area contributed by atoms with Gasteiger partial charge in [-0.1, -0.05) is 19.0 Å². The normalized spacial score (nSPS) is 10.9. The van der Waals surface area contributed by atoms with Gasteiger partial charge in [0.2, 0.25) is 0 Å². The SMILES string of the molecule is CCc1noc(CC)c1CNC(=NC)NCc1c(OC)cc(OC)cc1OC.I. The Hall–Kier alpha value is -2.17. The number of ether oxygens (including phenoxy) is 3. The van der Waals surface area contributed by atoms with Crippen LogP contribution in [0.3, 0.4) is 0 Å². The van der Waals surface area contributed by atoms with Crippen molar-refractivity contribution >= 4 is 29.9 Å². The second kappa shape index (κ2) is 12.4. The van der Waals surface area contributed by atoms with Gasteiger partial charge in [-0.25, -0.2) is 0 Å². The number of aliphatic imine (C=N–C) groups is 1. The van der Waals surface area contributed by atoms with Crippen molar-refractivity contribution in [3.8, 4) is 17.2 Å². The molecule has 0 saturated carbocycles. The molecule has 0 saturated heterocycles. The summed E-state index contributed by atoms with van der Waals surface area (Å²) in [6, 6.07) is 3.65. The van der Waals surface area contributed by atoms with Crippen LogP contribution in [0.25, 0.3) is 0 Å². The highest BCUT2D eigenvalue weighted by Gasteiger charge is 2.16. The van der Waals surface area contributed by atoms with Crippen molar-refractivity contribution in [3.63, 3.8) is 0 Å². The van der Waals surface area contributed by atoms with Crippen molar-refractivity contribution in [2.24, 2.45) is 4.99 Å². The Morgan fingerprint density at radius 3 is 2.00 bits per heavy atom. The third-order valence-corrected chi connectivity index (χ3v) is 4.51. The van der Waals surface area contributed by atoms with Crippen LogP contribution in [0.15, 0.2) is 21.6 Å². The minimum Gasteiger partial charge on any atom is -0.496 e. The fraction of sp³-hybridized carbons (Fsp3) is 0.500. The number of hydrogen-bond acceptors (Lipinski definition) is 6. The van der Waals surface area contributed by atoms with E-state index in [4.69, 9.17) is 18.7 Å². The van der Waals surface area contributed by atoms with Crippen molar-refractivity contribution in [1.29, 1.82) is 0 Å². The molecule has 1 heterocycles. The number of aryl methyl sites for hydroxylation is 2. The predicted octanol–water partition coefficient (Wildman–Crippen LogP) is 3.31. The number of methoxy groups -OCH3 is 3. The summed E-state index contributed by atoms with van der Waals surface area (Å²) in [7, 11) is 6.58. The summed E-state index contributed by atoms with van der Waals surface area (Å²) < 4.78 is 21.7. The molecular weight excluding hydrogens is 487 g/mol. The Kier molecular flexibility index (Phi) is 10.6. The molecule has 8 nitrogen and oxygen atoms in total. The van der Waals surface area contributed by atoms with Gasteiger partial charge in [0.05, 0.1) is 39.1 Å². The van der Waals surface area contributed by atoms with Crippen LogP contribution >= 0.6 is 24.0 Å². The number of hydrogen-bond donors (Lipinski definition) is 2. The number of nitrogens with zero attached hydrogens (tertiary/aromatic N) is 2. The van der Waals surface area contributed by atoms with Crippen LogP contribution in [0.4, 0.5) is 0 Å². The molecule has 2 aromatic rings. The number of guanidine groups is 1. The summed E-state index contributed by atoms with van der Waals surface area (Å²) in [4.78, 5) is 4.30. The van der Waals surface area contributed by atoms with Gasteiger partial charge in [-0.3, -0.25) is 4.99 Å². The van der Waals surface area contributed by atoms with Gasteiger partial charge in [0, 0.05) is 37.7 Å². The average Bonchev–Trinajstić information content (AvgIpc) is 3.15. The minimum atomic E-state index is 0. The maximum Gasteiger partial charge on any atom is 0.191 e. The summed E-state index contributed by atoms with van der Waals surface area (Å²) in [6.45, 7) is 5.18. The van der Waals surface area contributed by atoms with Crippen LogP contribution in [0.5, 0.6) is 17.2 Å². The van der Waals surface area contributed by atoms with Crippen LogP contribution in [-0.4, -0.2) is 39.5 Å². The molecule has 0 amide bonds. The molecule has 0 aliphatic rings. The number of aromatic nitrogens is 1. The van der Waals surface area contributed by atoms with Gasteiger partial charge in [0.1, 0.15) is 23.0 Å². The van der Waals surface area contributed by atoms with E-state index < -0.39 is 0 Å². The van der Waals surface area contributed by atoms with Gasteiger partial charge < -0.3 is 29.4 Å². The fourth-order valence-electron chi connectivity index (χ4n) is 2.95. The Balaban J connectivity index is 0.00000420. The molecule has 0 fully saturated rings. The monoisotopic (exact) mass is 518 g/mol. The van der Waals surface area contributed by atoms with Crippen molar-refractivity contribution in [2.75, 3.05) is 28.4 Å². The Labute approximate surface area is 189 Å². The van der Waals surface area contributed by atoms with E-state index in [1.807, 2.05) is 12.1 Å². The summed E-state index contributed by atoms with van der Waals surface area (Å²) in [5, 5.41) is 10.8. The molecule has 2 N–H and O–H groups in total. The smallest absolute Gasteiger partial charge is 0.191 e. The molecule has 1 aromatic heterocycles.